The topological polar surface area (TPSA) is 94.8 Å². The highest BCUT2D eigenvalue weighted by Gasteiger charge is 2.14. The van der Waals surface area contributed by atoms with Crippen molar-refractivity contribution in [1.29, 1.82) is 0 Å². The average molecular weight is 238 g/mol. The van der Waals surface area contributed by atoms with Gasteiger partial charge in [-0.25, -0.2) is 0 Å². The van der Waals surface area contributed by atoms with Crippen molar-refractivity contribution < 1.29 is 24.9 Å². The van der Waals surface area contributed by atoms with Crippen molar-refractivity contribution >= 4 is 24.6 Å². The van der Waals surface area contributed by atoms with E-state index < -0.39 is 23.6 Å². The molecule has 1 atom stereocenters. The van der Waals surface area contributed by atoms with E-state index in [2.05, 4.69) is 19.6 Å². The summed E-state index contributed by atoms with van der Waals surface area (Å²) in [6.07, 6.45) is 2.88. The SMILES string of the molecule is CCCCCO.O=C(O)CC(S)C(=O)O. The summed E-state index contributed by atoms with van der Waals surface area (Å²) in [7, 11) is 0. The number of carboxylic acids is 2. The van der Waals surface area contributed by atoms with E-state index >= 15 is 0 Å². The maximum Gasteiger partial charge on any atom is 0.316 e. The fourth-order valence-corrected chi connectivity index (χ4v) is 0.771. The van der Waals surface area contributed by atoms with Gasteiger partial charge in [-0.15, -0.1) is 0 Å². The Morgan fingerprint density at radius 1 is 1.27 bits per heavy atom. The lowest BCUT2D eigenvalue weighted by atomic mass is 10.3. The second kappa shape index (κ2) is 11.3. The minimum atomic E-state index is -1.21. The Hall–Kier alpha value is -0.750. The van der Waals surface area contributed by atoms with Gasteiger partial charge in [0.25, 0.3) is 0 Å². The molecule has 0 bridgehead atoms. The standard InChI is InChI=1S/C5H12O.C4H6O4S/c1-2-3-4-5-6;5-3(6)1-2(9)4(7)8/h6H,2-5H2,1H3;2,9H,1H2,(H,5,6)(H,7,8). The van der Waals surface area contributed by atoms with Crippen LogP contribution >= 0.6 is 12.6 Å². The second-order valence-electron chi connectivity index (χ2n) is 2.88. The fourth-order valence-electron chi connectivity index (χ4n) is 0.615. The van der Waals surface area contributed by atoms with Gasteiger partial charge in [-0.2, -0.15) is 12.6 Å². The normalized spacial score (nSPS) is 11.1. The molecule has 6 heteroatoms. The van der Waals surface area contributed by atoms with Gasteiger partial charge in [-0.1, -0.05) is 19.8 Å². The maximum absolute atomic E-state index is 9.90. The first kappa shape index (κ1) is 16.7. The van der Waals surface area contributed by atoms with Crippen LogP contribution in [0.3, 0.4) is 0 Å². The summed E-state index contributed by atoms with van der Waals surface area (Å²) in [5.41, 5.74) is 0. The van der Waals surface area contributed by atoms with Crippen LogP contribution in [0, 0.1) is 0 Å². The molecule has 0 aliphatic carbocycles. The van der Waals surface area contributed by atoms with Crippen LogP contribution in [0.5, 0.6) is 0 Å². The molecule has 0 spiro atoms. The van der Waals surface area contributed by atoms with Crippen molar-refractivity contribution in [3.63, 3.8) is 0 Å². The fraction of sp³-hybridized carbons (Fsp3) is 0.778. The monoisotopic (exact) mass is 238 g/mol. The molecular weight excluding hydrogens is 220 g/mol. The molecule has 0 rings (SSSR count). The van der Waals surface area contributed by atoms with Crippen LogP contribution in [0.1, 0.15) is 32.6 Å². The maximum atomic E-state index is 9.90. The summed E-state index contributed by atoms with van der Waals surface area (Å²) in [5, 5.41) is 23.2. The zero-order valence-electron chi connectivity index (χ0n) is 8.72. The molecule has 0 aromatic heterocycles. The molecule has 90 valence electrons. The zero-order valence-corrected chi connectivity index (χ0v) is 9.61. The number of rotatable bonds is 6. The predicted molar refractivity (Wildman–Crippen MR) is 59.3 cm³/mol. The summed E-state index contributed by atoms with van der Waals surface area (Å²) in [6, 6.07) is 0. The lowest BCUT2D eigenvalue weighted by Gasteiger charge is -1.97. The highest BCUT2D eigenvalue weighted by molar-refractivity contribution is 7.81. The smallest absolute Gasteiger partial charge is 0.316 e. The van der Waals surface area contributed by atoms with E-state index in [9.17, 15) is 9.59 Å². The van der Waals surface area contributed by atoms with E-state index in [1.807, 2.05) is 0 Å². The Kier molecular flexibility index (Phi) is 12.6. The first-order valence-corrected chi connectivity index (χ1v) is 5.20. The van der Waals surface area contributed by atoms with Crippen molar-refractivity contribution in [1.82, 2.24) is 0 Å². The van der Waals surface area contributed by atoms with Crippen molar-refractivity contribution in [2.45, 2.75) is 37.9 Å². The number of hydrogen-bond donors (Lipinski definition) is 4. The van der Waals surface area contributed by atoms with Gasteiger partial charge in [-0.05, 0) is 6.42 Å². The van der Waals surface area contributed by atoms with Crippen molar-refractivity contribution in [2.24, 2.45) is 0 Å². The third-order valence-electron chi connectivity index (χ3n) is 1.41. The van der Waals surface area contributed by atoms with Crippen LogP contribution in [0.4, 0.5) is 0 Å². The van der Waals surface area contributed by atoms with Crippen LogP contribution in [0.2, 0.25) is 0 Å². The summed E-state index contributed by atoms with van der Waals surface area (Å²) in [6.45, 7) is 2.48. The van der Waals surface area contributed by atoms with Gasteiger partial charge in [-0.3, -0.25) is 9.59 Å². The largest absolute Gasteiger partial charge is 0.481 e. The Bertz CT molecular complexity index is 179. The lowest BCUT2D eigenvalue weighted by Crippen LogP contribution is -2.17. The molecule has 0 aliphatic rings. The zero-order chi connectivity index (χ0) is 12.3. The number of unbranched alkanes of at least 4 members (excludes halogenated alkanes) is 2. The van der Waals surface area contributed by atoms with Gasteiger partial charge in [0.1, 0.15) is 5.25 Å². The Labute approximate surface area is 94.5 Å². The van der Waals surface area contributed by atoms with Gasteiger partial charge in [0.15, 0.2) is 0 Å². The minimum Gasteiger partial charge on any atom is -0.481 e. The second-order valence-corrected chi connectivity index (χ2v) is 3.51. The van der Waals surface area contributed by atoms with E-state index in [0.29, 0.717) is 6.61 Å². The van der Waals surface area contributed by atoms with Crippen molar-refractivity contribution in [2.75, 3.05) is 6.61 Å². The lowest BCUT2D eigenvalue weighted by molar-refractivity contribution is -0.142. The van der Waals surface area contributed by atoms with Crippen LogP contribution in [-0.4, -0.2) is 39.1 Å². The predicted octanol–water partition coefficient (Wildman–Crippen LogP) is 1.01. The van der Waals surface area contributed by atoms with Gasteiger partial charge >= 0.3 is 11.9 Å². The Morgan fingerprint density at radius 3 is 1.93 bits per heavy atom. The number of hydrogen-bond acceptors (Lipinski definition) is 4. The average Bonchev–Trinajstić information content (AvgIpc) is 2.14. The third-order valence-corrected chi connectivity index (χ3v) is 1.82. The number of aliphatic carboxylic acids is 2. The number of carbonyl (C=O) groups is 2. The Morgan fingerprint density at radius 2 is 1.80 bits per heavy atom. The molecule has 0 amide bonds. The first-order chi connectivity index (χ1) is 6.95. The molecule has 0 saturated carbocycles. The van der Waals surface area contributed by atoms with Gasteiger partial charge in [0.2, 0.25) is 0 Å². The van der Waals surface area contributed by atoms with Crippen molar-refractivity contribution in [3.8, 4) is 0 Å². The molecule has 0 saturated heterocycles. The molecule has 0 heterocycles. The molecule has 0 fully saturated rings. The molecule has 0 radical (unpaired) electrons. The number of carboxylic acid groups (broad SMARTS) is 2. The number of thiol groups is 1. The highest BCUT2D eigenvalue weighted by atomic mass is 32.1. The molecular formula is C9H18O5S. The summed E-state index contributed by atoms with van der Waals surface area (Å²) in [4.78, 5) is 19.7. The molecule has 0 aromatic rings. The summed E-state index contributed by atoms with van der Waals surface area (Å²) >= 11 is 3.48. The van der Waals surface area contributed by atoms with Crippen molar-refractivity contribution in [3.05, 3.63) is 0 Å². The van der Waals surface area contributed by atoms with Crippen LogP contribution < -0.4 is 0 Å². The van der Waals surface area contributed by atoms with Crippen LogP contribution in [0.15, 0.2) is 0 Å². The summed E-state index contributed by atoms with van der Waals surface area (Å²) < 4.78 is 0. The molecule has 5 nitrogen and oxygen atoms in total. The molecule has 0 aromatic carbocycles. The van der Waals surface area contributed by atoms with E-state index in [1.165, 1.54) is 6.42 Å². The van der Waals surface area contributed by atoms with Gasteiger partial charge in [0, 0.05) is 6.61 Å². The third kappa shape index (κ3) is 16.0. The quantitative estimate of drug-likeness (QED) is 0.409. The molecule has 1 unspecified atom stereocenters. The van der Waals surface area contributed by atoms with Gasteiger partial charge in [0.05, 0.1) is 6.42 Å². The van der Waals surface area contributed by atoms with E-state index in [-0.39, 0.29) is 0 Å². The van der Waals surface area contributed by atoms with Gasteiger partial charge < -0.3 is 15.3 Å². The van der Waals surface area contributed by atoms with E-state index in [0.717, 1.165) is 12.8 Å². The molecule has 15 heavy (non-hydrogen) atoms. The van der Waals surface area contributed by atoms with Crippen LogP contribution in [0.25, 0.3) is 0 Å². The first-order valence-electron chi connectivity index (χ1n) is 4.69. The van der Waals surface area contributed by atoms with Crippen LogP contribution in [-0.2, 0) is 9.59 Å². The van der Waals surface area contributed by atoms with E-state index in [4.69, 9.17) is 15.3 Å². The minimum absolute atomic E-state index is 0.355. The molecule has 3 N–H and O–H groups in total. The summed E-state index contributed by atoms with van der Waals surface area (Å²) in [5.74, 6) is -2.36. The van der Waals surface area contributed by atoms with E-state index in [1.54, 1.807) is 0 Å². The Balaban J connectivity index is 0. The number of aliphatic hydroxyl groups excluding tert-OH is 1. The highest BCUT2D eigenvalue weighted by Crippen LogP contribution is 1.99. The molecule has 0 aliphatic heterocycles. The number of aliphatic hydroxyl groups is 1.